The second-order valence-electron chi connectivity index (χ2n) is 6.46. The molecule has 1 N–H and O–H groups in total. The molecule has 0 aliphatic carbocycles. The van der Waals surface area contributed by atoms with Crippen LogP contribution in [-0.4, -0.2) is 37.1 Å². The molecule has 1 aliphatic rings. The molecule has 1 heterocycles. The number of hydrogen-bond donors (Lipinski definition) is 1. The van der Waals surface area contributed by atoms with Crippen LogP contribution in [-0.2, 0) is 6.54 Å². The normalized spacial score (nSPS) is 14.5. The van der Waals surface area contributed by atoms with Crippen LogP contribution in [0.25, 0.3) is 0 Å². The Morgan fingerprint density at radius 1 is 1.00 bits per heavy atom. The number of nitrogens with one attached hydrogen (secondary N) is 1. The van der Waals surface area contributed by atoms with Crippen LogP contribution in [0.4, 0.5) is 10.5 Å². The average molecular weight is 358 g/mol. The Labute approximate surface area is 154 Å². The first-order valence-corrected chi connectivity index (χ1v) is 9.01. The van der Waals surface area contributed by atoms with Crippen LogP contribution >= 0.6 is 11.6 Å². The van der Waals surface area contributed by atoms with Crippen molar-refractivity contribution in [3.05, 3.63) is 64.2 Å². The van der Waals surface area contributed by atoms with Crippen molar-refractivity contribution in [3.63, 3.8) is 0 Å². The van der Waals surface area contributed by atoms with Gasteiger partial charge in [-0.05, 0) is 36.6 Å². The van der Waals surface area contributed by atoms with Crippen molar-refractivity contribution in [3.8, 4) is 0 Å². The zero-order chi connectivity index (χ0) is 17.8. The third-order valence-electron chi connectivity index (χ3n) is 4.71. The van der Waals surface area contributed by atoms with Crippen molar-refractivity contribution in [2.24, 2.45) is 0 Å². The zero-order valence-electron chi connectivity index (χ0n) is 14.8. The topological polar surface area (TPSA) is 35.6 Å². The Kier molecular flexibility index (Phi) is 5.49. The van der Waals surface area contributed by atoms with Crippen LogP contribution in [0.2, 0.25) is 5.02 Å². The van der Waals surface area contributed by atoms with Crippen LogP contribution in [0.1, 0.15) is 16.7 Å². The van der Waals surface area contributed by atoms with E-state index in [1.165, 1.54) is 16.8 Å². The Balaban J connectivity index is 1.55. The number of para-hydroxylation sites is 1. The zero-order valence-corrected chi connectivity index (χ0v) is 15.5. The van der Waals surface area contributed by atoms with E-state index in [1.54, 1.807) is 0 Å². The number of carbonyl (C=O) groups excluding carboxylic acids is 1. The second-order valence-corrected chi connectivity index (χ2v) is 6.87. The van der Waals surface area contributed by atoms with Crippen molar-refractivity contribution in [1.82, 2.24) is 10.2 Å². The van der Waals surface area contributed by atoms with Gasteiger partial charge in [-0.3, -0.25) is 0 Å². The molecule has 2 amide bonds. The Morgan fingerprint density at radius 2 is 1.64 bits per heavy atom. The minimum absolute atomic E-state index is 0.0268. The number of halogens is 1. The number of carbonyl (C=O) groups is 1. The number of amides is 2. The molecule has 0 spiro atoms. The van der Waals surface area contributed by atoms with Gasteiger partial charge < -0.3 is 15.1 Å². The summed E-state index contributed by atoms with van der Waals surface area (Å²) in [6, 6.07) is 13.9. The predicted octanol–water partition coefficient (Wildman–Crippen LogP) is 3.99. The molecule has 1 aliphatic heterocycles. The maximum atomic E-state index is 12.4. The number of nitrogens with zero attached hydrogens (tertiary/aromatic N) is 2. The van der Waals surface area contributed by atoms with Crippen LogP contribution in [0.15, 0.2) is 42.5 Å². The van der Waals surface area contributed by atoms with E-state index >= 15 is 0 Å². The molecular weight excluding hydrogens is 334 g/mol. The number of hydrogen-bond acceptors (Lipinski definition) is 2. The Bertz CT molecular complexity index is 734. The standard InChI is InChI=1S/C20H24ClN3O/c1-15-6-5-7-16(2)19(15)23-10-12-24(13-11-23)20(25)22-14-17-8-3-4-9-18(17)21/h3-9H,10-14H2,1-2H3,(H,22,25). The van der Waals surface area contributed by atoms with Gasteiger partial charge in [0.2, 0.25) is 0 Å². The number of rotatable bonds is 3. The Hall–Kier alpha value is -2.20. The molecule has 2 aromatic carbocycles. The lowest BCUT2D eigenvalue weighted by atomic mass is 10.1. The van der Waals surface area contributed by atoms with E-state index in [9.17, 15) is 4.79 Å². The first-order chi connectivity index (χ1) is 12.1. The molecule has 0 radical (unpaired) electrons. The average Bonchev–Trinajstić information content (AvgIpc) is 2.61. The second kappa shape index (κ2) is 7.79. The van der Waals surface area contributed by atoms with E-state index in [0.717, 1.165) is 31.7 Å². The predicted molar refractivity (Wildman–Crippen MR) is 103 cm³/mol. The summed E-state index contributed by atoms with van der Waals surface area (Å²) < 4.78 is 0. The molecule has 132 valence electrons. The lowest BCUT2D eigenvalue weighted by Gasteiger charge is -2.37. The van der Waals surface area contributed by atoms with Gasteiger partial charge in [0.15, 0.2) is 0 Å². The maximum Gasteiger partial charge on any atom is 0.317 e. The summed E-state index contributed by atoms with van der Waals surface area (Å²) in [4.78, 5) is 16.7. The minimum atomic E-state index is -0.0268. The summed E-state index contributed by atoms with van der Waals surface area (Å²) in [5.74, 6) is 0. The third-order valence-corrected chi connectivity index (χ3v) is 5.08. The quantitative estimate of drug-likeness (QED) is 0.901. The van der Waals surface area contributed by atoms with Crippen LogP contribution in [0.3, 0.4) is 0 Å². The number of benzene rings is 2. The highest BCUT2D eigenvalue weighted by molar-refractivity contribution is 6.31. The van der Waals surface area contributed by atoms with Crippen LogP contribution < -0.4 is 10.2 Å². The lowest BCUT2D eigenvalue weighted by molar-refractivity contribution is 0.194. The SMILES string of the molecule is Cc1cccc(C)c1N1CCN(C(=O)NCc2ccccc2Cl)CC1. The van der Waals surface area contributed by atoms with Gasteiger partial charge in [0.05, 0.1) is 0 Å². The van der Waals surface area contributed by atoms with Gasteiger partial charge in [0.1, 0.15) is 0 Å². The van der Waals surface area contributed by atoms with Gasteiger partial charge in [-0.25, -0.2) is 4.79 Å². The summed E-state index contributed by atoms with van der Waals surface area (Å²) in [6.45, 7) is 7.90. The van der Waals surface area contributed by atoms with Crippen LogP contribution in [0, 0.1) is 13.8 Å². The third kappa shape index (κ3) is 4.07. The minimum Gasteiger partial charge on any atom is -0.368 e. The van der Waals surface area contributed by atoms with E-state index in [1.807, 2.05) is 29.2 Å². The molecule has 0 atom stereocenters. The fourth-order valence-electron chi connectivity index (χ4n) is 3.36. The van der Waals surface area contributed by atoms with E-state index in [2.05, 4.69) is 42.3 Å². The molecule has 3 rings (SSSR count). The molecule has 2 aromatic rings. The summed E-state index contributed by atoms with van der Waals surface area (Å²) in [7, 11) is 0. The fraction of sp³-hybridized carbons (Fsp3) is 0.350. The highest BCUT2D eigenvalue weighted by Crippen LogP contribution is 2.25. The van der Waals surface area contributed by atoms with Gasteiger partial charge in [0, 0.05) is 43.4 Å². The van der Waals surface area contributed by atoms with Gasteiger partial charge in [-0.1, -0.05) is 48.0 Å². The van der Waals surface area contributed by atoms with Crippen molar-refractivity contribution in [1.29, 1.82) is 0 Å². The van der Waals surface area contributed by atoms with Crippen molar-refractivity contribution in [2.45, 2.75) is 20.4 Å². The first kappa shape index (κ1) is 17.6. The summed E-state index contributed by atoms with van der Waals surface area (Å²) >= 11 is 6.14. The smallest absolute Gasteiger partial charge is 0.317 e. The number of anilines is 1. The molecule has 0 saturated carbocycles. The molecule has 0 aromatic heterocycles. The van der Waals surface area contributed by atoms with E-state index in [4.69, 9.17) is 11.6 Å². The highest BCUT2D eigenvalue weighted by atomic mass is 35.5. The van der Waals surface area contributed by atoms with E-state index in [0.29, 0.717) is 11.6 Å². The number of aryl methyl sites for hydroxylation is 2. The van der Waals surface area contributed by atoms with Gasteiger partial charge in [-0.2, -0.15) is 0 Å². The molecule has 5 heteroatoms. The lowest BCUT2D eigenvalue weighted by Crippen LogP contribution is -2.52. The van der Waals surface area contributed by atoms with Gasteiger partial charge >= 0.3 is 6.03 Å². The van der Waals surface area contributed by atoms with Gasteiger partial charge in [0.25, 0.3) is 0 Å². The number of piperazine rings is 1. The van der Waals surface area contributed by atoms with E-state index < -0.39 is 0 Å². The molecule has 1 fully saturated rings. The first-order valence-electron chi connectivity index (χ1n) is 8.63. The molecule has 4 nitrogen and oxygen atoms in total. The summed E-state index contributed by atoms with van der Waals surface area (Å²) in [6.07, 6.45) is 0. The van der Waals surface area contributed by atoms with Gasteiger partial charge in [-0.15, -0.1) is 0 Å². The Morgan fingerprint density at radius 3 is 2.28 bits per heavy atom. The van der Waals surface area contributed by atoms with Crippen LogP contribution in [0.5, 0.6) is 0 Å². The monoisotopic (exact) mass is 357 g/mol. The molecule has 1 saturated heterocycles. The molecule has 0 unspecified atom stereocenters. The molecule has 0 bridgehead atoms. The van der Waals surface area contributed by atoms with Crippen molar-refractivity contribution in [2.75, 3.05) is 31.1 Å². The summed E-state index contributed by atoms with van der Waals surface area (Å²) in [5, 5.41) is 3.65. The highest BCUT2D eigenvalue weighted by Gasteiger charge is 2.22. The summed E-state index contributed by atoms with van der Waals surface area (Å²) in [5.41, 5.74) is 4.82. The molecule has 25 heavy (non-hydrogen) atoms. The van der Waals surface area contributed by atoms with Crippen molar-refractivity contribution >= 4 is 23.3 Å². The largest absolute Gasteiger partial charge is 0.368 e. The fourth-order valence-corrected chi connectivity index (χ4v) is 3.56. The van der Waals surface area contributed by atoms with E-state index in [-0.39, 0.29) is 6.03 Å². The maximum absolute atomic E-state index is 12.4. The number of urea groups is 1. The van der Waals surface area contributed by atoms with Crippen molar-refractivity contribution < 1.29 is 4.79 Å². The molecular formula is C20H24ClN3O.